The maximum Gasteiger partial charge on any atom is 0.160 e. The van der Waals surface area contributed by atoms with Crippen LogP contribution in [0.2, 0.25) is 0 Å². The lowest BCUT2D eigenvalue weighted by atomic mass is 9.90. The van der Waals surface area contributed by atoms with E-state index in [1.165, 1.54) is 38.1 Å². The van der Waals surface area contributed by atoms with Crippen molar-refractivity contribution in [3.05, 3.63) is 188 Å². The summed E-state index contributed by atoms with van der Waals surface area (Å²) < 4.78 is 0. The largest absolute Gasteiger partial charge is 0.247 e. The van der Waals surface area contributed by atoms with Gasteiger partial charge in [-0.3, -0.25) is 0 Å². The van der Waals surface area contributed by atoms with Gasteiger partial charge in [-0.15, -0.1) is 0 Å². The maximum atomic E-state index is 5.39. The van der Waals surface area contributed by atoms with E-state index in [9.17, 15) is 0 Å². The van der Waals surface area contributed by atoms with Crippen LogP contribution >= 0.6 is 0 Å². The van der Waals surface area contributed by atoms with Crippen LogP contribution in [0.5, 0.6) is 0 Å². The normalized spacial score (nSPS) is 11.5. The topological polar surface area (TPSA) is 38.7 Å². The molecule has 3 heteroatoms. The van der Waals surface area contributed by atoms with Gasteiger partial charge in [0.15, 0.2) is 5.82 Å². The fraction of sp³-hybridized carbons (Fsp3) is 0. The predicted molar refractivity (Wildman–Crippen MR) is 217 cm³/mol. The number of aromatic nitrogens is 3. The summed E-state index contributed by atoms with van der Waals surface area (Å²) in [7, 11) is 0. The first kappa shape index (κ1) is 29.9. The minimum atomic E-state index is 0.672. The zero-order valence-electron chi connectivity index (χ0n) is 28.2. The van der Waals surface area contributed by atoms with Crippen LogP contribution in [-0.2, 0) is 0 Å². The Morgan fingerprint density at radius 3 is 1.40 bits per heavy atom. The van der Waals surface area contributed by atoms with E-state index in [4.69, 9.17) is 15.0 Å². The Morgan fingerprint density at radius 1 is 0.269 bits per heavy atom. The van der Waals surface area contributed by atoms with Crippen LogP contribution in [0.4, 0.5) is 0 Å². The summed E-state index contributed by atoms with van der Waals surface area (Å²) in [5.74, 6) is 0.672. The molecular weight excluding hydrogens is 631 g/mol. The Kier molecular flexibility index (Phi) is 7.14. The van der Waals surface area contributed by atoms with Crippen LogP contribution in [0.15, 0.2) is 188 Å². The summed E-state index contributed by atoms with van der Waals surface area (Å²) in [6, 6.07) is 66.0. The maximum absolute atomic E-state index is 5.39. The van der Waals surface area contributed by atoms with Gasteiger partial charge in [0.1, 0.15) is 0 Å². The van der Waals surface area contributed by atoms with Gasteiger partial charge in [-0.05, 0) is 50.9 Å². The number of para-hydroxylation sites is 1. The third kappa shape index (κ3) is 5.10. The Balaban J connectivity index is 1.18. The molecule has 8 aromatic carbocycles. The first-order valence-corrected chi connectivity index (χ1v) is 17.6. The lowest BCUT2D eigenvalue weighted by molar-refractivity contribution is 1.18. The van der Waals surface area contributed by atoms with Crippen molar-refractivity contribution in [2.24, 2.45) is 0 Å². The molecule has 242 valence electrons. The molecule has 0 radical (unpaired) electrons. The summed E-state index contributed by atoms with van der Waals surface area (Å²) >= 11 is 0. The van der Waals surface area contributed by atoms with Crippen LogP contribution < -0.4 is 0 Å². The second-order valence-electron chi connectivity index (χ2n) is 13.2. The fourth-order valence-electron chi connectivity index (χ4n) is 7.59. The molecule has 0 spiro atoms. The summed E-state index contributed by atoms with van der Waals surface area (Å²) in [4.78, 5) is 15.8. The van der Waals surface area contributed by atoms with E-state index in [-0.39, 0.29) is 0 Å². The number of rotatable bonds is 5. The monoisotopic (exact) mass is 661 g/mol. The van der Waals surface area contributed by atoms with Gasteiger partial charge in [0, 0.05) is 38.4 Å². The van der Waals surface area contributed by atoms with Crippen LogP contribution in [0.3, 0.4) is 0 Å². The molecule has 0 bridgehead atoms. The van der Waals surface area contributed by atoms with E-state index in [1.54, 1.807) is 0 Å². The number of nitrogens with zero attached hydrogens (tertiary/aromatic N) is 3. The van der Waals surface area contributed by atoms with Gasteiger partial charge in [-0.25, -0.2) is 15.0 Å². The van der Waals surface area contributed by atoms with Crippen molar-refractivity contribution in [3.63, 3.8) is 0 Å². The van der Waals surface area contributed by atoms with E-state index >= 15 is 0 Å². The molecule has 3 nitrogen and oxygen atoms in total. The van der Waals surface area contributed by atoms with E-state index in [1.807, 2.05) is 12.1 Å². The fourth-order valence-corrected chi connectivity index (χ4v) is 7.59. The second kappa shape index (κ2) is 12.4. The van der Waals surface area contributed by atoms with Crippen molar-refractivity contribution in [2.75, 3.05) is 0 Å². The molecule has 0 saturated heterocycles. The Labute approximate surface area is 301 Å². The van der Waals surface area contributed by atoms with Gasteiger partial charge >= 0.3 is 0 Å². The Hall–Kier alpha value is -6.97. The highest BCUT2D eigenvalue weighted by molar-refractivity contribution is 6.33. The number of fused-ring (bicyclic) bond motifs is 8. The van der Waals surface area contributed by atoms with Crippen molar-refractivity contribution in [1.29, 1.82) is 0 Å². The SMILES string of the molecule is c1ccc(-c2ccc(-c3cc(-c4ccccc4)nc(-c4cccc(-c5nc6ccccc6c6c7ccccc7c7ccccc7c56)c4)n3)cc2)cc1. The molecule has 0 saturated carbocycles. The summed E-state index contributed by atoms with van der Waals surface area (Å²) in [5, 5.41) is 8.43. The van der Waals surface area contributed by atoms with E-state index in [2.05, 4.69) is 176 Å². The van der Waals surface area contributed by atoms with Gasteiger partial charge in [0.25, 0.3) is 0 Å². The minimum Gasteiger partial charge on any atom is -0.247 e. The minimum absolute atomic E-state index is 0.672. The van der Waals surface area contributed by atoms with Gasteiger partial charge < -0.3 is 0 Å². The van der Waals surface area contributed by atoms with E-state index in [0.29, 0.717) is 5.82 Å². The molecule has 10 aromatic rings. The smallest absolute Gasteiger partial charge is 0.160 e. The number of hydrogen-bond acceptors (Lipinski definition) is 3. The third-order valence-corrected chi connectivity index (χ3v) is 10.1. The van der Waals surface area contributed by atoms with Crippen LogP contribution in [-0.4, -0.2) is 15.0 Å². The highest BCUT2D eigenvalue weighted by atomic mass is 14.9. The summed E-state index contributed by atoms with van der Waals surface area (Å²) in [6.45, 7) is 0. The first-order valence-electron chi connectivity index (χ1n) is 17.6. The quantitative estimate of drug-likeness (QED) is 0.172. The lowest BCUT2D eigenvalue weighted by Crippen LogP contribution is -1.97. The second-order valence-corrected chi connectivity index (χ2v) is 13.2. The molecule has 0 N–H and O–H groups in total. The molecule has 2 aromatic heterocycles. The first-order chi connectivity index (χ1) is 25.8. The Bertz CT molecular complexity index is 2930. The molecule has 0 fully saturated rings. The van der Waals surface area contributed by atoms with Crippen LogP contribution in [0.1, 0.15) is 0 Å². The summed E-state index contributed by atoms with van der Waals surface area (Å²) in [5.41, 5.74) is 10.1. The average molecular weight is 662 g/mol. The van der Waals surface area contributed by atoms with Gasteiger partial charge in [-0.2, -0.15) is 0 Å². The molecule has 0 unspecified atom stereocenters. The number of pyridine rings is 1. The molecule has 10 rings (SSSR count). The molecule has 0 aliphatic heterocycles. The highest BCUT2D eigenvalue weighted by Gasteiger charge is 2.18. The highest BCUT2D eigenvalue weighted by Crippen LogP contribution is 2.43. The molecule has 52 heavy (non-hydrogen) atoms. The van der Waals surface area contributed by atoms with Gasteiger partial charge in [0.05, 0.1) is 22.6 Å². The van der Waals surface area contributed by atoms with Gasteiger partial charge in [0.2, 0.25) is 0 Å². The van der Waals surface area contributed by atoms with Crippen LogP contribution in [0.25, 0.3) is 99.5 Å². The average Bonchev–Trinajstić information content (AvgIpc) is 3.24. The zero-order chi connectivity index (χ0) is 34.4. The van der Waals surface area contributed by atoms with Crippen molar-refractivity contribution < 1.29 is 0 Å². The lowest BCUT2D eigenvalue weighted by Gasteiger charge is -2.16. The molecule has 0 amide bonds. The summed E-state index contributed by atoms with van der Waals surface area (Å²) in [6.07, 6.45) is 0. The Morgan fingerprint density at radius 2 is 0.731 bits per heavy atom. The molecule has 0 aliphatic rings. The zero-order valence-corrected chi connectivity index (χ0v) is 28.2. The number of hydrogen-bond donors (Lipinski definition) is 0. The molecular formula is C49H31N3. The molecule has 0 atom stereocenters. The van der Waals surface area contributed by atoms with E-state index < -0.39 is 0 Å². The van der Waals surface area contributed by atoms with Crippen molar-refractivity contribution in [2.45, 2.75) is 0 Å². The van der Waals surface area contributed by atoms with Crippen LogP contribution in [0, 0.1) is 0 Å². The number of benzene rings is 8. The van der Waals surface area contributed by atoms with Crippen molar-refractivity contribution in [3.8, 4) is 56.3 Å². The molecule has 0 aliphatic carbocycles. The molecule has 2 heterocycles. The van der Waals surface area contributed by atoms with Crippen molar-refractivity contribution >= 4 is 43.2 Å². The standard InChI is InChI=1S/C49H31N3/c1-3-14-32(15-4-1)33-26-28-35(29-27-33)45-31-44(34-16-5-2-6-17-34)51-49(52-45)37-19-13-18-36(30-37)48-47-41-23-10-8-21-39(41)38-20-7-9-22-40(38)46(47)42-24-11-12-25-43(42)50-48/h1-31H. The predicted octanol–water partition coefficient (Wildman–Crippen LogP) is 12.8. The van der Waals surface area contributed by atoms with Crippen molar-refractivity contribution in [1.82, 2.24) is 15.0 Å². The third-order valence-electron chi connectivity index (χ3n) is 10.1. The van der Waals surface area contributed by atoms with E-state index in [0.717, 1.165) is 55.6 Å². The van der Waals surface area contributed by atoms with Gasteiger partial charge in [-0.1, -0.05) is 170 Å².